The fourth-order valence-corrected chi connectivity index (χ4v) is 2.06. The lowest BCUT2D eigenvalue weighted by molar-refractivity contribution is 0.0960. The molecular weight excluding hydrogens is 332 g/mol. The minimum atomic E-state index is -0.361. The van der Waals surface area contributed by atoms with Crippen molar-refractivity contribution in [2.45, 2.75) is 0 Å². The first-order chi connectivity index (χ1) is 11.7. The third kappa shape index (κ3) is 3.64. The minimum Gasteiger partial charge on any atom is -0.497 e. The quantitative estimate of drug-likeness (QED) is 0.691. The molecule has 3 aromatic rings. The molecule has 0 saturated heterocycles. The number of halogens is 1. The Balaban J connectivity index is 1.64. The van der Waals surface area contributed by atoms with Crippen LogP contribution in [-0.2, 0) is 0 Å². The second-order valence-electron chi connectivity index (χ2n) is 4.74. The molecule has 24 heavy (non-hydrogen) atoms. The van der Waals surface area contributed by atoms with Gasteiger partial charge in [0.25, 0.3) is 5.91 Å². The molecule has 0 fully saturated rings. The molecule has 1 aromatic heterocycles. The van der Waals surface area contributed by atoms with Crippen LogP contribution >= 0.6 is 11.6 Å². The van der Waals surface area contributed by atoms with E-state index in [0.29, 0.717) is 22.2 Å². The lowest BCUT2D eigenvalue weighted by Gasteiger charge is -2.05. The van der Waals surface area contributed by atoms with Crippen molar-refractivity contribution in [1.82, 2.24) is 15.6 Å². The van der Waals surface area contributed by atoms with Gasteiger partial charge < -0.3 is 9.26 Å². The Morgan fingerprint density at radius 1 is 1.21 bits per heavy atom. The van der Waals surface area contributed by atoms with Gasteiger partial charge in [-0.25, -0.2) is 5.43 Å². The fraction of sp³-hybridized carbons (Fsp3) is 0.0625. The Labute approximate surface area is 142 Å². The summed E-state index contributed by atoms with van der Waals surface area (Å²) in [5, 5.41) is 4.45. The van der Waals surface area contributed by atoms with Crippen LogP contribution in [0.15, 0.2) is 53.1 Å². The largest absolute Gasteiger partial charge is 0.497 e. The highest BCUT2D eigenvalue weighted by atomic mass is 35.5. The first kappa shape index (κ1) is 15.8. The van der Waals surface area contributed by atoms with Crippen molar-refractivity contribution in [3.8, 4) is 17.1 Å². The Morgan fingerprint density at radius 3 is 2.75 bits per heavy atom. The molecule has 2 N–H and O–H groups in total. The highest BCUT2D eigenvalue weighted by Crippen LogP contribution is 2.19. The third-order valence-corrected chi connectivity index (χ3v) is 3.40. The molecule has 1 amide bonds. The van der Waals surface area contributed by atoms with E-state index in [1.54, 1.807) is 48.5 Å². The molecule has 0 spiro atoms. The highest BCUT2D eigenvalue weighted by Gasteiger charge is 2.11. The van der Waals surface area contributed by atoms with Crippen LogP contribution in [0.25, 0.3) is 11.4 Å². The Bertz CT molecular complexity index is 849. The van der Waals surface area contributed by atoms with Crippen molar-refractivity contribution in [1.29, 1.82) is 0 Å². The number of nitrogens with one attached hydrogen (secondary N) is 2. The van der Waals surface area contributed by atoms with Crippen LogP contribution in [0.2, 0.25) is 5.02 Å². The molecule has 1 heterocycles. The van der Waals surface area contributed by atoms with Crippen molar-refractivity contribution in [3.05, 3.63) is 59.1 Å². The van der Waals surface area contributed by atoms with Gasteiger partial charge >= 0.3 is 6.01 Å². The standard InChI is InChI=1S/C16H13ClN4O3/c1-23-13-4-2-3-11(9-13)15(22)19-20-16-18-14(21-24-16)10-5-7-12(17)8-6-10/h2-9H,1H3,(H,19,22)(H,18,20,21). The number of hydrogen-bond acceptors (Lipinski definition) is 6. The van der Waals surface area contributed by atoms with Crippen LogP contribution in [0, 0.1) is 0 Å². The predicted octanol–water partition coefficient (Wildman–Crippen LogP) is 3.16. The first-order valence-electron chi connectivity index (χ1n) is 6.96. The van der Waals surface area contributed by atoms with E-state index < -0.39 is 0 Å². The summed E-state index contributed by atoms with van der Waals surface area (Å²) in [4.78, 5) is 16.2. The zero-order chi connectivity index (χ0) is 16.9. The zero-order valence-corrected chi connectivity index (χ0v) is 13.4. The smallest absolute Gasteiger partial charge is 0.340 e. The van der Waals surface area contributed by atoms with Gasteiger partial charge in [0.05, 0.1) is 7.11 Å². The maximum atomic E-state index is 12.1. The zero-order valence-electron chi connectivity index (χ0n) is 12.6. The molecule has 0 unspecified atom stereocenters. The van der Waals surface area contributed by atoms with E-state index in [4.69, 9.17) is 20.9 Å². The number of hydrazine groups is 1. The van der Waals surface area contributed by atoms with Gasteiger partial charge in [-0.15, -0.1) is 0 Å². The SMILES string of the molecule is COc1cccc(C(=O)NNc2nc(-c3ccc(Cl)cc3)no2)c1. The average Bonchev–Trinajstić information content (AvgIpc) is 3.09. The Hall–Kier alpha value is -3.06. The molecule has 7 nitrogen and oxygen atoms in total. The Kier molecular flexibility index (Phi) is 4.62. The van der Waals surface area contributed by atoms with E-state index in [1.165, 1.54) is 7.11 Å². The van der Waals surface area contributed by atoms with Crippen molar-refractivity contribution in [2.75, 3.05) is 12.5 Å². The van der Waals surface area contributed by atoms with Crippen molar-refractivity contribution < 1.29 is 14.1 Å². The number of nitrogens with zero attached hydrogens (tertiary/aromatic N) is 2. The Morgan fingerprint density at radius 2 is 2.00 bits per heavy atom. The van der Waals surface area contributed by atoms with Gasteiger partial charge in [-0.3, -0.25) is 10.2 Å². The van der Waals surface area contributed by atoms with Crippen LogP contribution < -0.4 is 15.6 Å². The molecule has 0 aliphatic heterocycles. The van der Waals surface area contributed by atoms with Crippen LogP contribution in [0.1, 0.15) is 10.4 Å². The maximum Gasteiger partial charge on any atom is 0.340 e. The molecule has 0 bridgehead atoms. The highest BCUT2D eigenvalue weighted by molar-refractivity contribution is 6.30. The molecule has 0 radical (unpaired) electrons. The number of carbonyl (C=O) groups excluding carboxylic acids is 1. The predicted molar refractivity (Wildman–Crippen MR) is 88.8 cm³/mol. The number of anilines is 1. The summed E-state index contributed by atoms with van der Waals surface area (Å²) in [5.41, 5.74) is 6.23. The monoisotopic (exact) mass is 344 g/mol. The van der Waals surface area contributed by atoms with Gasteiger partial charge in [0, 0.05) is 16.1 Å². The van der Waals surface area contributed by atoms with Gasteiger partial charge in [0.2, 0.25) is 5.82 Å². The van der Waals surface area contributed by atoms with E-state index in [9.17, 15) is 4.79 Å². The second-order valence-corrected chi connectivity index (χ2v) is 5.18. The summed E-state index contributed by atoms with van der Waals surface area (Å²) < 4.78 is 10.1. The molecule has 3 rings (SSSR count). The van der Waals surface area contributed by atoms with Crippen molar-refractivity contribution in [3.63, 3.8) is 0 Å². The molecular formula is C16H13ClN4O3. The third-order valence-electron chi connectivity index (χ3n) is 3.14. The minimum absolute atomic E-state index is 0.0659. The van der Waals surface area contributed by atoms with E-state index in [1.807, 2.05) is 0 Å². The second kappa shape index (κ2) is 7.01. The van der Waals surface area contributed by atoms with E-state index in [2.05, 4.69) is 21.0 Å². The number of benzene rings is 2. The van der Waals surface area contributed by atoms with Gasteiger partial charge in [-0.1, -0.05) is 22.8 Å². The lowest BCUT2D eigenvalue weighted by atomic mass is 10.2. The molecule has 8 heteroatoms. The lowest BCUT2D eigenvalue weighted by Crippen LogP contribution is -2.29. The number of ether oxygens (including phenoxy) is 1. The van der Waals surface area contributed by atoms with Gasteiger partial charge in [0.1, 0.15) is 5.75 Å². The summed E-state index contributed by atoms with van der Waals surface area (Å²) in [6.45, 7) is 0. The van der Waals surface area contributed by atoms with Crippen molar-refractivity contribution >= 4 is 23.5 Å². The van der Waals surface area contributed by atoms with Crippen molar-refractivity contribution in [2.24, 2.45) is 0 Å². The average molecular weight is 345 g/mol. The number of aromatic nitrogens is 2. The van der Waals surface area contributed by atoms with E-state index in [0.717, 1.165) is 5.56 Å². The number of hydrogen-bond donors (Lipinski definition) is 2. The summed E-state index contributed by atoms with van der Waals surface area (Å²) in [5.74, 6) is 0.607. The topological polar surface area (TPSA) is 89.3 Å². The molecule has 122 valence electrons. The fourth-order valence-electron chi connectivity index (χ4n) is 1.94. The van der Waals surface area contributed by atoms with E-state index in [-0.39, 0.29) is 11.9 Å². The normalized spacial score (nSPS) is 10.2. The summed E-state index contributed by atoms with van der Waals surface area (Å²) in [6, 6.07) is 13.8. The summed E-state index contributed by atoms with van der Waals surface area (Å²) in [6.07, 6.45) is 0. The number of methoxy groups -OCH3 is 1. The van der Waals surface area contributed by atoms with Gasteiger partial charge in [-0.05, 0) is 42.5 Å². The summed E-state index contributed by atoms with van der Waals surface area (Å²) in [7, 11) is 1.53. The molecule has 0 aliphatic carbocycles. The first-order valence-corrected chi connectivity index (χ1v) is 7.33. The van der Waals surface area contributed by atoms with E-state index >= 15 is 0 Å². The molecule has 0 aliphatic rings. The van der Waals surface area contributed by atoms with Gasteiger partial charge in [0.15, 0.2) is 0 Å². The van der Waals surface area contributed by atoms with Crippen LogP contribution in [0.4, 0.5) is 6.01 Å². The maximum absolute atomic E-state index is 12.1. The molecule has 0 saturated carbocycles. The number of rotatable bonds is 5. The number of carbonyl (C=O) groups is 1. The van der Waals surface area contributed by atoms with Crippen LogP contribution in [0.3, 0.4) is 0 Å². The molecule has 2 aromatic carbocycles. The summed E-state index contributed by atoms with van der Waals surface area (Å²) >= 11 is 5.84. The van der Waals surface area contributed by atoms with Gasteiger partial charge in [-0.2, -0.15) is 4.98 Å². The molecule has 0 atom stereocenters. The van der Waals surface area contributed by atoms with Crippen LogP contribution in [-0.4, -0.2) is 23.2 Å². The number of amides is 1. The van der Waals surface area contributed by atoms with Crippen LogP contribution in [0.5, 0.6) is 5.75 Å².